The Labute approximate surface area is 208 Å². The number of unbranched alkanes of at least 4 members (excludes halogenated alkanes) is 1. The predicted molar refractivity (Wildman–Crippen MR) is 142 cm³/mol. The zero-order chi connectivity index (χ0) is 24.8. The normalized spacial score (nSPS) is 12.1. The number of para-hydroxylation sites is 3. The van der Waals surface area contributed by atoms with E-state index in [1.165, 1.54) is 5.56 Å². The number of fused-ring (bicyclic) bond motifs is 1. The fourth-order valence-corrected chi connectivity index (χ4v) is 4.43. The molecule has 0 aliphatic rings. The maximum atomic E-state index is 12.9. The summed E-state index contributed by atoms with van der Waals surface area (Å²) in [6.07, 6.45) is 1.89. The second-order valence-electron chi connectivity index (χ2n) is 9.42. The number of hydrogen-bond acceptors (Lipinski definition) is 3. The number of ether oxygens (including phenoxy) is 1. The quantitative estimate of drug-likeness (QED) is 0.259. The van der Waals surface area contributed by atoms with Crippen LogP contribution in [-0.2, 0) is 6.54 Å². The number of carbonyl (C=O) groups is 1. The van der Waals surface area contributed by atoms with Crippen molar-refractivity contribution in [1.82, 2.24) is 14.9 Å². The van der Waals surface area contributed by atoms with Gasteiger partial charge in [0, 0.05) is 12.1 Å². The number of aromatic nitrogens is 2. The maximum Gasteiger partial charge on any atom is 0.251 e. The van der Waals surface area contributed by atoms with Crippen LogP contribution in [0.15, 0.2) is 72.8 Å². The fraction of sp³-hybridized carbons (Fsp3) is 0.333. The molecule has 5 nitrogen and oxygen atoms in total. The van der Waals surface area contributed by atoms with Crippen molar-refractivity contribution in [2.45, 2.75) is 59.0 Å². The van der Waals surface area contributed by atoms with Crippen molar-refractivity contribution in [3.8, 4) is 5.75 Å². The van der Waals surface area contributed by atoms with Crippen molar-refractivity contribution in [3.05, 3.63) is 95.3 Å². The molecule has 1 unspecified atom stereocenters. The lowest BCUT2D eigenvalue weighted by Gasteiger charge is -2.17. The largest absolute Gasteiger partial charge is 0.493 e. The SMILES string of the molecule is Cc1cccc(C(=O)NC(C)c2nc3ccccc3n2CCCCOc2ccccc2C(C)C)c1. The van der Waals surface area contributed by atoms with E-state index in [4.69, 9.17) is 9.72 Å². The van der Waals surface area contributed by atoms with Crippen molar-refractivity contribution < 1.29 is 9.53 Å². The number of hydrogen-bond donors (Lipinski definition) is 1. The Bertz CT molecular complexity index is 1290. The summed E-state index contributed by atoms with van der Waals surface area (Å²) in [5.74, 6) is 2.20. The van der Waals surface area contributed by atoms with Gasteiger partial charge in [-0.25, -0.2) is 4.98 Å². The molecular weight excluding hydrogens is 434 g/mol. The molecule has 182 valence electrons. The van der Waals surface area contributed by atoms with E-state index in [1.807, 2.05) is 62.4 Å². The summed E-state index contributed by atoms with van der Waals surface area (Å²) in [4.78, 5) is 17.7. The van der Waals surface area contributed by atoms with Gasteiger partial charge in [0.1, 0.15) is 11.6 Å². The third-order valence-electron chi connectivity index (χ3n) is 6.27. The molecule has 0 saturated carbocycles. The molecule has 0 spiro atoms. The van der Waals surface area contributed by atoms with E-state index >= 15 is 0 Å². The van der Waals surface area contributed by atoms with Crippen molar-refractivity contribution in [3.63, 3.8) is 0 Å². The van der Waals surface area contributed by atoms with Crippen LogP contribution in [0.3, 0.4) is 0 Å². The smallest absolute Gasteiger partial charge is 0.251 e. The average Bonchev–Trinajstić information content (AvgIpc) is 3.23. The van der Waals surface area contributed by atoms with Crippen LogP contribution in [0.4, 0.5) is 0 Å². The van der Waals surface area contributed by atoms with Crippen LogP contribution in [0.25, 0.3) is 11.0 Å². The van der Waals surface area contributed by atoms with Crippen LogP contribution in [0.5, 0.6) is 5.75 Å². The topological polar surface area (TPSA) is 56.2 Å². The van der Waals surface area contributed by atoms with Gasteiger partial charge in [-0.15, -0.1) is 0 Å². The van der Waals surface area contributed by atoms with Gasteiger partial charge in [-0.1, -0.05) is 61.9 Å². The molecule has 4 rings (SSSR count). The number of aryl methyl sites for hydroxylation is 2. The summed E-state index contributed by atoms with van der Waals surface area (Å²) in [6.45, 7) is 9.85. The van der Waals surface area contributed by atoms with Crippen molar-refractivity contribution in [1.29, 1.82) is 0 Å². The lowest BCUT2D eigenvalue weighted by Crippen LogP contribution is -2.28. The predicted octanol–water partition coefficient (Wildman–Crippen LogP) is 6.82. The molecule has 0 aliphatic heterocycles. The first-order chi connectivity index (χ1) is 16.9. The van der Waals surface area contributed by atoms with E-state index in [-0.39, 0.29) is 11.9 Å². The second kappa shape index (κ2) is 11.2. The van der Waals surface area contributed by atoms with Crippen LogP contribution in [0, 0.1) is 6.92 Å². The van der Waals surface area contributed by atoms with Gasteiger partial charge >= 0.3 is 0 Å². The zero-order valence-corrected chi connectivity index (χ0v) is 21.1. The summed E-state index contributed by atoms with van der Waals surface area (Å²) in [7, 11) is 0. The third kappa shape index (κ3) is 5.91. The van der Waals surface area contributed by atoms with Crippen molar-refractivity contribution in [2.75, 3.05) is 6.61 Å². The van der Waals surface area contributed by atoms with E-state index in [0.717, 1.165) is 47.6 Å². The van der Waals surface area contributed by atoms with Gasteiger partial charge in [0.25, 0.3) is 5.91 Å². The minimum atomic E-state index is -0.218. The van der Waals surface area contributed by atoms with E-state index in [2.05, 4.69) is 48.0 Å². The number of nitrogens with zero attached hydrogens (tertiary/aromatic N) is 2. The van der Waals surface area contributed by atoms with Crippen LogP contribution in [0.2, 0.25) is 0 Å². The molecule has 0 aliphatic carbocycles. The summed E-state index contributed by atoms with van der Waals surface area (Å²) >= 11 is 0. The van der Waals surface area contributed by atoms with E-state index < -0.39 is 0 Å². The molecule has 0 radical (unpaired) electrons. The van der Waals surface area contributed by atoms with Gasteiger partial charge in [0.2, 0.25) is 0 Å². The highest BCUT2D eigenvalue weighted by molar-refractivity contribution is 5.94. The molecule has 1 amide bonds. The Balaban J connectivity index is 1.42. The summed E-state index contributed by atoms with van der Waals surface area (Å²) < 4.78 is 8.35. The first kappa shape index (κ1) is 24.5. The van der Waals surface area contributed by atoms with Gasteiger partial charge in [-0.3, -0.25) is 4.79 Å². The van der Waals surface area contributed by atoms with E-state index in [9.17, 15) is 4.79 Å². The monoisotopic (exact) mass is 469 g/mol. The van der Waals surface area contributed by atoms with Crippen LogP contribution < -0.4 is 10.1 Å². The molecule has 4 aromatic rings. The van der Waals surface area contributed by atoms with Gasteiger partial charge in [0.05, 0.1) is 23.7 Å². The Kier molecular flexibility index (Phi) is 7.86. The summed E-state index contributed by atoms with van der Waals surface area (Å²) in [5, 5.41) is 3.13. The van der Waals surface area contributed by atoms with Gasteiger partial charge < -0.3 is 14.6 Å². The highest BCUT2D eigenvalue weighted by Gasteiger charge is 2.19. The van der Waals surface area contributed by atoms with Crippen molar-refractivity contribution >= 4 is 16.9 Å². The third-order valence-corrected chi connectivity index (χ3v) is 6.27. The van der Waals surface area contributed by atoms with Crippen LogP contribution in [-0.4, -0.2) is 22.1 Å². The Morgan fingerprint density at radius 1 is 0.971 bits per heavy atom. The number of amides is 1. The first-order valence-corrected chi connectivity index (χ1v) is 12.5. The van der Waals surface area contributed by atoms with Crippen LogP contribution in [0.1, 0.15) is 72.9 Å². The molecule has 3 aromatic carbocycles. The fourth-order valence-electron chi connectivity index (χ4n) is 4.43. The van der Waals surface area contributed by atoms with Gasteiger partial charge in [0.15, 0.2) is 0 Å². The molecule has 1 N–H and O–H groups in total. The number of rotatable bonds is 10. The van der Waals surface area contributed by atoms with Gasteiger partial charge in [-0.05, 0) is 68.5 Å². The Morgan fingerprint density at radius 2 is 1.74 bits per heavy atom. The summed E-state index contributed by atoms with van der Waals surface area (Å²) in [6, 6.07) is 23.9. The molecule has 1 atom stereocenters. The van der Waals surface area contributed by atoms with E-state index in [0.29, 0.717) is 18.1 Å². The second-order valence-corrected chi connectivity index (χ2v) is 9.42. The molecule has 5 heteroatoms. The lowest BCUT2D eigenvalue weighted by atomic mass is 10.0. The summed E-state index contributed by atoms with van der Waals surface area (Å²) in [5.41, 5.74) is 5.01. The Morgan fingerprint density at radius 3 is 2.54 bits per heavy atom. The maximum absolute atomic E-state index is 12.9. The van der Waals surface area contributed by atoms with Crippen molar-refractivity contribution in [2.24, 2.45) is 0 Å². The van der Waals surface area contributed by atoms with E-state index in [1.54, 1.807) is 0 Å². The molecule has 1 heterocycles. The van der Waals surface area contributed by atoms with Gasteiger partial charge in [-0.2, -0.15) is 0 Å². The molecule has 1 aromatic heterocycles. The standard InChI is InChI=1S/C30H35N3O2/c1-21(2)25-14-5-8-17-28(25)35-19-10-9-18-33-27-16-7-6-15-26(27)32-29(33)23(4)31-30(34)24-13-11-12-22(3)20-24/h5-8,11-17,20-21,23H,9-10,18-19H2,1-4H3,(H,31,34). The molecule has 0 fully saturated rings. The number of imidazole rings is 1. The van der Waals surface area contributed by atoms with Crippen LogP contribution >= 0.6 is 0 Å². The number of carbonyl (C=O) groups excluding carboxylic acids is 1. The Hall–Kier alpha value is -3.60. The highest BCUT2D eigenvalue weighted by atomic mass is 16.5. The number of benzene rings is 3. The first-order valence-electron chi connectivity index (χ1n) is 12.5. The minimum Gasteiger partial charge on any atom is -0.493 e. The zero-order valence-electron chi connectivity index (χ0n) is 21.1. The molecule has 0 bridgehead atoms. The lowest BCUT2D eigenvalue weighted by molar-refractivity contribution is 0.0937. The molecule has 0 saturated heterocycles. The minimum absolute atomic E-state index is 0.0861. The average molecular weight is 470 g/mol. The highest BCUT2D eigenvalue weighted by Crippen LogP contribution is 2.26. The molecule has 35 heavy (non-hydrogen) atoms. The number of nitrogens with one attached hydrogen (secondary N) is 1. The molecular formula is C30H35N3O2.